The van der Waals surface area contributed by atoms with Gasteiger partial charge >= 0.3 is 6.03 Å². The van der Waals surface area contributed by atoms with E-state index in [-0.39, 0.29) is 33.7 Å². The Morgan fingerprint density at radius 1 is 1.00 bits per heavy atom. The third kappa shape index (κ3) is 3.61. The quantitative estimate of drug-likeness (QED) is 0.545. The minimum atomic E-state index is -4.20. The summed E-state index contributed by atoms with van der Waals surface area (Å²) in [5.41, 5.74) is 0.985. The van der Waals surface area contributed by atoms with Crippen LogP contribution in [0.25, 0.3) is 0 Å². The lowest BCUT2D eigenvalue weighted by Gasteiger charge is -2.36. The maximum atomic E-state index is 13.3. The zero-order valence-corrected chi connectivity index (χ0v) is 17.6. The van der Waals surface area contributed by atoms with Gasteiger partial charge < -0.3 is 4.42 Å². The minimum absolute atomic E-state index is 0.0429. The highest BCUT2D eigenvalue weighted by Gasteiger charge is 2.43. The fourth-order valence-corrected chi connectivity index (χ4v) is 5.57. The van der Waals surface area contributed by atoms with Gasteiger partial charge in [-0.3, -0.25) is 4.90 Å². The molecule has 1 aliphatic heterocycles. The number of hydrogen-bond acceptors (Lipinski definition) is 4. The molecular weight excluding hydrogens is 435 g/mol. The highest BCUT2D eigenvalue weighted by atomic mass is 35.5. The van der Waals surface area contributed by atoms with E-state index in [0.29, 0.717) is 11.5 Å². The number of carbonyl (C=O) groups is 1. The second kappa shape index (κ2) is 7.40. The van der Waals surface area contributed by atoms with E-state index < -0.39 is 16.1 Å². The van der Waals surface area contributed by atoms with Crippen LogP contribution >= 0.6 is 23.2 Å². The molecule has 3 aromatic rings. The Balaban J connectivity index is 1.85. The third-order valence-electron chi connectivity index (χ3n) is 4.55. The van der Waals surface area contributed by atoms with Crippen LogP contribution in [0, 0.1) is 6.92 Å². The summed E-state index contributed by atoms with van der Waals surface area (Å²) in [6.07, 6.45) is 0. The van der Waals surface area contributed by atoms with Gasteiger partial charge in [0.05, 0.1) is 23.8 Å². The zero-order chi connectivity index (χ0) is 20.8. The first kappa shape index (κ1) is 19.8. The maximum absolute atomic E-state index is 13.3. The number of sulfonamides is 1. The number of halogens is 2. The predicted octanol–water partition coefficient (Wildman–Crippen LogP) is 5.23. The molecule has 0 aliphatic carbocycles. The van der Waals surface area contributed by atoms with Crippen molar-refractivity contribution in [3.05, 3.63) is 81.7 Å². The Morgan fingerprint density at radius 2 is 1.72 bits per heavy atom. The Kier molecular flexibility index (Phi) is 5.06. The fourth-order valence-electron chi connectivity index (χ4n) is 3.24. The summed E-state index contributed by atoms with van der Waals surface area (Å²) >= 11 is 12.4. The molecule has 2 amide bonds. The first-order chi connectivity index (χ1) is 13.8. The highest BCUT2D eigenvalue weighted by Crippen LogP contribution is 2.42. The van der Waals surface area contributed by atoms with E-state index in [2.05, 4.69) is 0 Å². The van der Waals surface area contributed by atoms with Crippen LogP contribution in [0.1, 0.15) is 17.1 Å². The number of urea groups is 1. The Hall–Kier alpha value is -2.48. The number of nitrogens with zero attached hydrogens (tertiary/aromatic N) is 2. The summed E-state index contributed by atoms with van der Waals surface area (Å²) in [6.45, 7) is 1.66. The van der Waals surface area contributed by atoms with Gasteiger partial charge in [0.2, 0.25) is 0 Å². The van der Waals surface area contributed by atoms with Crippen LogP contribution in [-0.4, -0.2) is 18.8 Å². The van der Waals surface area contributed by atoms with Gasteiger partial charge in [0, 0.05) is 5.02 Å². The monoisotopic (exact) mass is 450 g/mol. The lowest BCUT2D eigenvalue weighted by molar-refractivity contribution is 0.223. The molecule has 0 fully saturated rings. The molecule has 1 aliphatic rings. The molecule has 0 atom stereocenters. The number of furan rings is 1. The van der Waals surface area contributed by atoms with Crippen LogP contribution < -0.4 is 4.90 Å². The van der Waals surface area contributed by atoms with Crippen LogP contribution in [-0.2, 0) is 23.1 Å². The maximum Gasteiger partial charge on any atom is 0.339 e. The summed E-state index contributed by atoms with van der Waals surface area (Å²) in [4.78, 5) is 14.5. The molecular formula is C20H16Cl2N2O4S. The number of fused-ring (bicyclic) bond motifs is 1. The minimum Gasteiger partial charge on any atom is -0.464 e. The average molecular weight is 451 g/mol. The first-order valence-corrected chi connectivity index (χ1v) is 10.9. The Morgan fingerprint density at radius 3 is 2.38 bits per heavy atom. The predicted molar refractivity (Wildman–Crippen MR) is 111 cm³/mol. The van der Waals surface area contributed by atoms with E-state index in [1.165, 1.54) is 17.0 Å². The number of amides is 2. The van der Waals surface area contributed by atoms with Gasteiger partial charge in [-0.1, -0.05) is 53.5 Å². The molecule has 0 bridgehead atoms. The van der Waals surface area contributed by atoms with Crippen molar-refractivity contribution in [3.63, 3.8) is 0 Å². The summed E-state index contributed by atoms with van der Waals surface area (Å²) in [7, 11) is -4.20. The first-order valence-electron chi connectivity index (χ1n) is 8.70. The number of anilines is 1. The molecule has 0 unspecified atom stereocenters. The summed E-state index contributed by atoms with van der Waals surface area (Å²) in [5.74, 6) is 0.973. The van der Waals surface area contributed by atoms with Gasteiger partial charge in [0.25, 0.3) is 10.0 Å². The second-order valence-electron chi connectivity index (χ2n) is 6.61. The molecule has 0 saturated carbocycles. The molecule has 29 heavy (non-hydrogen) atoms. The number of carbonyl (C=O) groups excluding carboxylic acids is 1. The van der Waals surface area contributed by atoms with E-state index in [0.717, 1.165) is 9.87 Å². The van der Waals surface area contributed by atoms with Crippen molar-refractivity contribution in [2.45, 2.75) is 24.9 Å². The summed E-state index contributed by atoms with van der Waals surface area (Å²) in [5, 5.41) is 0.198. The lowest BCUT2D eigenvalue weighted by atomic mass is 10.2. The molecule has 150 valence electrons. The molecule has 0 radical (unpaired) electrons. The standard InChI is InChI=1S/C20H16Cl2N2O4S/c1-13-7-8-16(28-13)12-24-20(25)23(11-14-5-3-2-4-6-14)18-10-15(21)9-17(22)19(18)29(24,26)27/h2-10H,11-12H2,1H3. The van der Waals surface area contributed by atoms with E-state index in [1.54, 1.807) is 19.1 Å². The molecule has 9 heteroatoms. The number of rotatable bonds is 4. The van der Waals surface area contributed by atoms with Gasteiger partial charge in [-0.15, -0.1) is 0 Å². The van der Waals surface area contributed by atoms with Crippen LogP contribution in [0.15, 0.2) is 63.9 Å². The van der Waals surface area contributed by atoms with E-state index >= 15 is 0 Å². The Labute approximate surface area is 178 Å². The SMILES string of the molecule is Cc1ccc(CN2C(=O)N(Cc3ccccc3)c3cc(Cl)cc(Cl)c3S2(=O)=O)o1. The van der Waals surface area contributed by atoms with Crippen LogP contribution in [0.4, 0.5) is 10.5 Å². The average Bonchev–Trinajstić information content (AvgIpc) is 3.07. The summed E-state index contributed by atoms with van der Waals surface area (Å²) in [6, 6.07) is 14.7. The van der Waals surface area contributed by atoms with E-state index in [9.17, 15) is 13.2 Å². The molecule has 4 rings (SSSR count). The topological polar surface area (TPSA) is 70.8 Å². The van der Waals surface area contributed by atoms with Crippen molar-refractivity contribution in [1.29, 1.82) is 0 Å². The van der Waals surface area contributed by atoms with Crippen molar-refractivity contribution in [2.75, 3.05) is 4.90 Å². The molecule has 6 nitrogen and oxygen atoms in total. The number of aryl methyl sites for hydroxylation is 1. The van der Waals surface area contributed by atoms with E-state index in [4.69, 9.17) is 27.6 Å². The van der Waals surface area contributed by atoms with Gasteiger partial charge in [-0.25, -0.2) is 17.5 Å². The summed E-state index contributed by atoms with van der Waals surface area (Å²) < 4.78 is 32.8. The number of hydrogen-bond donors (Lipinski definition) is 0. The molecule has 1 aromatic heterocycles. The van der Waals surface area contributed by atoms with Crippen LogP contribution in [0.5, 0.6) is 0 Å². The normalized spacial score (nSPS) is 15.5. The highest BCUT2D eigenvalue weighted by molar-refractivity contribution is 7.90. The third-order valence-corrected chi connectivity index (χ3v) is 6.99. The van der Waals surface area contributed by atoms with Crippen molar-refractivity contribution in [3.8, 4) is 0 Å². The van der Waals surface area contributed by atoms with Gasteiger partial charge in [0.15, 0.2) is 0 Å². The van der Waals surface area contributed by atoms with Crippen LogP contribution in [0.3, 0.4) is 0 Å². The molecule has 0 N–H and O–H groups in total. The van der Waals surface area contributed by atoms with Crippen molar-refractivity contribution < 1.29 is 17.6 Å². The second-order valence-corrected chi connectivity index (χ2v) is 9.26. The van der Waals surface area contributed by atoms with E-state index in [1.807, 2.05) is 30.3 Å². The largest absolute Gasteiger partial charge is 0.464 e. The molecule has 0 saturated heterocycles. The van der Waals surface area contributed by atoms with Crippen LogP contribution in [0.2, 0.25) is 10.0 Å². The zero-order valence-electron chi connectivity index (χ0n) is 15.3. The van der Waals surface area contributed by atoms with Gasteiger partial charge in [-0.05, 0) is 36.8 Å². The van der Waals surface area contributed by atoms with Gasteiger partial charge in [-0.2, -0.15) is 0 Å². The fraction of sp³-hybridized carbons (Fsp3) is 0.150. The lowest BCUT2D eigenvalue weighted by Crippen LogP contribution is -2.50. The molecule has 2 heterocycles. The van der Waals surface area contributed by atoms with Crippen molar-refractivity contribution in [1.82, 2.24) is 4.31 Å². The van der Waals surface area contributed by atoms with Crippen molar-refractivity contribution in [2.24, 2.45) is 0 Å². The Bertz CT molecular complexity index is 1190. The molecule has 0 spiro atoms. The van der Waals surface area contributed by atoms with Gasteiger partial charge in [0.1, 0.15) is 16.4 Å². The number of benzene rings is 2. The smallest absolute Gasteiger partial charge is 0.339 e. The molecule has 2 aromatic carbocycles. The van der Waals surface area contributed by atoms with Crippen molar-refractivity contribution >= 4 is 44.9 Å².